The van der Waals surface area contributed by atoms with Gasteiger partial charge in [-0.05, 0) is 19.4 Å². The van der Waals surface area contributed by atoms with Crippen LogP contribution in [0.25, 0.3) is 0 Å². The fraction of sp³-hybridized carbons (Fsp3) is 0.500. The summed E-state index contributed by atoms with van der Waals surface area (Å²) in [5, 5.41) is 0. The fourth-order valence-corrected chi connectivity index (χ4v) is 2.87. The van der Waals surface area contributed by atoms with Gasteiger partial charge in [-0.2, -0.15) is 0 Å². The molecular formula is C16H19Cl2NO3. The molecule has 2 rings (SSSR count). The van der Waals surface area contributed by atoms with E-state index in [0.717, 1.165) is 5.56 Å². The van der Waals surface area contributed by atoms with Crippen molar-refractivity contribution in [2.75, 3.05) is 13.2 Å². The predicted octanol–water partition coefficient (Wildman–Crippen LogP) is 3.16. The van der Waals surface area contributed by atoms with Crippen molar-refractivity contribution in [3.05, 3.63) is 35.9 Å². The molecule has 0 heterocycles. The highest BCUT2D eigenvalue weighted by Gasteiger charge is 2.69. The van der Waals surface area contributed by atoms with Gasteiger partial charge in [0, 0.05) is 19.5 Å². The molecule has 1 unspecified atom stereocenters. The van der Waals surface area contributed by atoms with Crippen molar-refractivity contribution >= 4 is 35.1 Å². The Morgan fingerprint density at radius 3 is 2.36 bits per heavy atom. The second-order valence-electron chi connectivity index (χ2n) is 5.68. The molecule has 0 radical (unpaired) electrons. The number of alkyl halides is 2. The standard InChI is InChI=1S/C16H19Cl2NO3/c1-3-19(9-12-7-5-4-6-8-12)13(20)10-22-14(21)15(2)11-16(15,17)18/h4-8H,3,9-11H2,1-2H3. The lowest BCUT2D eigenvalue weighted by Crippen LogP contribution is -2.35. The SMILES string of the molecule is CCN(Cc1ccccc1)C(=O)COC(=O)C1(C)CC1(Cl)Cl. The first-order valence-corrected chi connectivity index (χ1v) is 7.92. The van der Waals surface area contributed by atoms with E-state index in [1.807, 2.05) is 37.3 Å². The van der Waals surface area contributed by atoms with Crippen molar-refractivity contribution in [2.24, 2.45) is 5.41 Å². The second kappa shape index (κ2) is 6.47. The number of amides is 1. The minimum Gasteiger partial charge on any atom is -0.455 e. The molecule has 1 aliphatic carbocycles. The number of ether oxygens (including phenoxy) is 1. The molecule has 22 heavy (non-hydrogen) atoms. The number of hydrogen-bond donors (Lipinski definition) is 0. The van der Waals surface area contributed by atoms with Gasteiger partial charge in [-0.25, -0.2) is 0 Å². The maximum absolute atomic E-state index is 12.2. The number of carbonyl (C=O) groups is 2. The Labute approximate surface area is 140 Å². The summed E-state index contributed by atoms with van der Waals surface area (Å²) in [6.07, 6.45) is 0.345. The van der Waals surface area contributed by atoms with E-state index in [0.29, 0.717) is 19.5 Å². The number of carbonyl (C=O) groups excluding carboxylic acids is 2. The lowest BCUT2D eigenvalue weighted by molar-refractivity contribution is -0.156. The first kappa shape index (κ1) is 17.1. The number of nitrogens with zero attached hydrogens (tertiary/aromatic N) is 1. The van der Waals surface area contributed by atoms with E-state index in [2.05, 4.69) is 0 Å². The van der Waals surface area contributed by atoms with E-state index in [9.17, 15) is 9.59 Å². The highest BCUT2D eigenvalue weighted by molar-refractivity contribution is 6.53. The molecule has 0 aliphatic heterocycles. The van der Waals surface area contributed by atoms with Crippen LogP contribution in [0.15, 0.2) is 30.3 Å². The van der Waals surface area contributed by atoms with Gasteiger partial charge in [0.25, 0.3) is 5.91 Å². The number of halogens is 2. The Morgan fingerprint density at radius 1 is 1.27 bits per heavy atom. The summed E-state index contributed by atoms with van der Waals surface area (Å²) in [6, 6.07) is 9.65. The van der Waals surface area contributed by atoms with E-state index in [1.54, 1.807) is 11.8 Å². The van der Waals surface area contributed by atoms with Gasteiger partial charge >= 0.3 is 5.97 Å². The Hall–Kier alpha value is -1.26. The third-order valence-corrected chi connectivity index (χ3v) is 5.09. The second-order valence-corrected chi connectivity index (χ2v) is 7.17. The van der Waals surface area contributed by atoms with Gasteiger partial charge in [-0.15, -0.1) is 23.2 Å². The quantitative estimate of drug-likeness (QED) is 0.588. The van der Waals surface area contributed by atoms with Gasteiger partial charge in [-0.1, -0.05) is 30.3 Å². The molecule has 4 nitrogen and oxygen atoms in total. The van der Waals surface area contributed by atoms with Gasteiger partial charge in [0.05, 0.1) is 0 Å². The van der Waals surface area contributed by atoms with Crippen LogP contribution < -0.4 is 0 Å². The molecule has 1 aliphatic rings. The molecule has 120 valence electrons. The summed E-state index contributed by atoms with van der Waals surface area (Å²) in [5.41, 5.74) is 0.117. The maximum atomic E-state index is 12.2. The molecule has 1 fully saturated rings. The van der Waals surface area contributed by atoms with Crippen LogP contribution >= 0.6 is 23.2 Å². The normalized spacial score (nSPS) is 22.0. The monoisotopic (exact) mass is 343 g/mol. The van der Waals surface area contributed by atoms with Crippen molar-refractivity contribution in [3.63, 3.8) is 0 Å². The first-order valence-electron chi connectivity index (χ1n) is 7.17. The number of hydrogen-bond acceptors (Lipinski definition) is 3. The third-order valence-electron chi connectivity index (χ3n) is 3.99. The van der Waals surface area contributed by atoms with Gasteiger partial charge in [0.2, 0.25) is 0 Å². The van der Waals surface area contributed by atoms with Crippen LogP contribution in [-0.4, -0.2) is 34.3 Å². The van der Waals surface area contributed by atoms with Crippen LogP contribution in [0.1, 0.15) is 25.8 Å². The van der Waals surface area contributed by atoms with Crippen LogP contribution in [0.3, 0.4) is 0 Å². The average Bonchev–Trinajstić information content (AvgIpc) is 3.02. The summed E-state index contributed by atoms with van der Waals surface area (Å²) < 4.78 is 4.01. The first-order chi connectivity index (χ1) is 10.3. The lowest BCUT2D eigenvalue weighted by atomic mass is 10.1. The number of likely N-dealkylation sites (N-methyl/N-ethyl adjacent to an activating group) is 1. The summed E-state index contributed by atoms with van der Waals surface area (Å²) in [5.74, 6) is -0.764. The lowest BCUT2D eigenvalue weighted by Gasteiger charge is -2.21. The van der Waals surface area contributed by atoms with Crippen LogP contribution in [-0.2, 0) is 20.9 Å². The zero-order chi connectivity index (χ0) is 16.4. The average molecular weight is 344 g/mol. The van der Waals surface area contributed by atoms with Crippen LogP contribution in [0, 0.1) is 5.41 Å². The van der Waals surface area contributed by atoms with E-state index in [-0.39, 0.29) is 12.5 Å². The largest absolute Gasteiger partial charge is 0.455 e. The molecule has 1 amide bonds. The van der Waals surface area contributed by atoms with Crippen molar-refractivity contribution in [3.8, 4) is 0 Å². The van der Waals surface area contributed by atoms with Crippen molar-refractivity contribution < 1.29 is 14.3 Å². The van der Waals surface area contributed by atoms with E-state index in [1.165, 1.54) is 0 Å². The number of esters is 1. The van der Waals surface area contributed by atoms with E-state index < -0.39 is 15.7 Å². The Bertz CT molecular complexity index is 562. The minimum absolute atomic E-state index is 0.237. The molecular weight excluding hydrogens is 325 g/mol. The fourth-order valence-electron chi connectivity index (χ4n) is 2.18. The summed E-state index contributed by atoms with van der Waals surface area (Å²) >= 11 is 11.9. The molecule has 0 aromatic heterocycles. The Kier molecular flexibility index (Phi) is 5.03. The maximum Gasteiger partial charge on any atom is 0.315 e. The zero-order valence-electron chi connectivity index (χ0n) is 12.6. The highest BCUT2D eigenvalue weighted by atomic mass is 35.5. The Balaban J connectivity index is 1.87. The van der Waals surface area contributed by atoms with E-state index in [4.69, 9.17) is 27.9 Å². The summed E-state index contributed by atoms with van der Waals surface area (Å²) in [4.78, 5) is 25.8. The molecule has 0 spiro atoms. The van der Waals surface area contributed by atoms with Crippen LogP contribution in [0.2, 0.25) is 0 Å². The molecule has 0 N–H and O–H groups in total. The van der Waals surface area contributed by atoms with Gasteiger partial charge < -0.3 is 9.64 Å². The van der Waals surface area contributed by atoms with Gasteiger partial charge in [0.15, 0.2) is 6.61 Å². The molecule has 6 heteroatoms. The van der Waals surface area contributed by atoms with Crippen molar-refractivity contribution in [1.29, 1.82) is 0 Å². The number of benzene rings is 1. The Morgan fingerprint density at radius 2 is 1.86 bits per heavy atom. The summed E-state index contributed by atoms with van der Waals surface area (Å²) in [7, 11) is 0. The molecule has 1 aromatic carbocycles. The molecule has 0 saturated heterocycles. The third kappa shape index (κ3) is 3.55. The summed E-state index contributed by atoms with van der Waals surface area (Å²) in [6.45, 7) is 4.26. The van der Waals surface area contributed by atoms with Crippen LogP contribution in [0.4, 0.5) is 0 Å². The van der Waals surface area contributed by atoms with Crippen molar-refractivity contribution in [2.45, 2.75) is 31.1 Å². The van der Waals surface area contributed by atoms with Gasteiger partial charge in [0.1, 0.15) is 9.75 Å². The zero-order valence-corrected chi connectivity index (χ0v) is 14.2. The van der Waals surface area contributed by atoms with Crippen LogP contribution in [0.5, 0.6) is 0 Å². The minimum atomic E-state index is -1.08. The highest BCUT2D eigenvalue weighted by Crippen LogP contribution is 2.64. The van der Waals surface area contributed by atoms with Crippen molar-refractivity contribution in [1.82, 2.24) is 4.90 Å². The molecule has 1 aromatic rings. The predicted molar refractivity (Wildman–Crippen MR) is 85.7 cm³/mol. The molecule has 1 saturated carbocycles. The number of rotatable bonds is 6. The topological polar surface area (TPSA) is 46.6 Å². The molecule has 0 bridgehead atoms. The smallest absolute Gasteiger partial charge is 0.315 e. The van der Waals surface area contributed by atoms with Gasteiger partial charge in [-0.3, -0.25) is 9.59 Å². The molecule has 1 atom stereocenters. The van der Waals surface area contributed by atoms with E-state index >= 15 is 0 Å².